The van der Waals surface area contributed by atoms with E-state index in [0.29, 0.717) is 23.1 Å². The average Bonchev–Trinajstić information content (AvgIpc) is 3.39. The number of hydrogen-bond acceptors (Lipinski definition) is 6. The van der Waals surface area contributed by atoms with Crippen LogP contribution in [0.3, 0.4) is 0 Å². The number of aromatic amines is 1. The molecule has 6 nitrogen and oxygen atoms in total. The van der Waals surface area contributed by atoms with Crippen LogP contribution in [0.1, 0.15) is 33.0 Å². The zero-order valence-electron chi connectivity index (χ0n) is 20.3. The number of thiazole rings is 1. The van der Waals surface area contributed by atoms with E-state index >= 15 is 0 Å². The van der Waals surface area contributed by atoms with Gasteiger partial charge in [-0.25, -0.2) is 4.90 Å². The van der Waals surface area contributed by atoms with Crippen LogP contribution in [0.15, 0.2) is 82.6 Å². The minimum Gasteiger partial charge on any atom is -0.489 e. The fourth-order valence-electron chi connectivity index (χ4n) is 5.10. The number of H-pyrrole nitrogens is 1. The monoisotopic (exact) mass is 528 g/mol. The first-order valence-electron chi connectivity index (χ1n) is 12.0. The smallest absolute Gasteiger partial charge is 0.305 e. The van der Waals surface area contributed by atoms with Crippen LogP contribution < -0.4 is 14.5 Å². The number of aromatic nitrogens is 1. The zero-order chi connectivity index (χ0) is 25.7. The molecule has 2 aliphatic rings. The Morgan fingerprint density at radius 2 is 1.62 bits per heavy atom. The highest BCUT2D eigenvalue weighted by molar-refractivity contribution is 8.00. The summed E-state index contributed by atoms with van der Waals surface area (Å²) >= 11 is 2.38. The van der Waals surface area contributed by atoms with Gasteiger partial charge in [0.25, 0.3) is 0 Å². The predicted molar refractivity (Wildman–Crippen MR) is 146 cm³/mol. The van der Waals surface area contributed by atoms with Crippen LogP contribution in [0, 0.1) is 19.8 Å². The maximum atomic E-state index is 13.9. The van der Waals surface area contributed by atoms with Crippen LogP contribution in [0.5, 0.6) is 5.75 Å². The van der Waals surface area contributed by atoms with Crippen molar-refractivity contribution in [3.8, 4) is 5.75 Å². The number of hydrogen-bond donors (Lipinski definition) is 1. The average molecular weight is 529 g/mol. The molecule has 8 heteroatoms. The van der Waals surface area contributed by atoms with Gasteiger partial charge in [-0.15, -0.1) is 0 Å². The fraction of sp³-hybridized carbons (Fsp3) is 0.207. The number of anilines is 1. The Bertz CT molecular complexity index is 1570. The summed E-state index contributed by atoms with van der Waals surface area (Å²) in [6.07, 6.45) is 0. The summed E-state index contributed by atoms with van der Waals surface area (Å²) in [7, 11) is 0. The number of thioether (sulfide) groups is 1. The van der Waals surface area contributed by atoms with Gasteiger partial charge in [-0.1, -0.05) is 83.3 Å². The molecule has 1 saturated heterocycles. The molecule has 3 atom stereocenters. The molecule has 3 aromatic carbocycles. The lowest BCUT2D eigenvalue weighted by Gasteiger charge is -2.30. The third kappa shape index (κ3) is 4.10. The van der Waals surface area contributed by atoms with Gasteiger partial charge in [0.15, 0.2) is 0 Å². The predicted octanol–water partition coefficient (Wildman–Crippen LogP) is 5.43. The van der Waals surface area contributed by atoms with E-state index in [9.17, 15) is 14.4 Å². The van der Waals surface area contributed by atoms with Crippen molar-refractivity contribution in [3.63, 3.8) is 0 Å². The summed E-state index contributed by atoms with van der Waals surface area (Å²) in [5, 5.41) is 0.0165. The molecule has 0 bridgehead atoms. The number of fused-ring (bicyclic) bond motifs is 2. The molecular formula is C29H24N2O4S2. The summed E-state index contributed by atoms with van der Waals surface area (Å²) in [6, 6.07) is 23.1. The Balaban J connectivity index is 1.43. The van der Waals surface area contributed by atoms with E-state index in [2.05, 4.69) is 4.98 Å². The van der Waals surface area contributed by atoms with Crippen LogP contribution in [0.4, 0.5) is 5.69 Å². The van der Waals surface area contributed by atoms with Crippen molar-refractivity contribution < 1.29 is 14.3 Å². The molecule has 2 aliphatic heterocycles. The second-order valence-corrected chi connectivity index (χ2v) is 11.5. The molecule has 1 aromatic heterocycles. The number of para-hydroxylation sites is 1. The number of nitrogens with one attached hydrogen (secondary N) is 1. The number of amides is 2. The molecule has 186 valence electrons. The molecule has 1 fully saturated rings. The van der Waals surface area contributed by atoms with Crippen molar-refractivity contribution in [1.29, 1.82) is 0 Å². The van der Waals surface area contributed by atoms with Gasteiger partial charge in [0.2, 0.25) is 11.8 Å². The number of ether oxygens (including phenoxy) is 1. The molecule has 0 aliphatic carbocycles. The summed E-state index contributed by atoms with van der Waals surface area (Å²) in [5.74, 6) is -1.00. The van der Waals surface area contributed by atoms with Gasteiger partial charge in [0.05, 0.1) is 16.6 Å². The molecule has 4 aromatic rings. The number of benzene rings is 3. The molecule has 37 heavy (non-hydrogen) atoms. The highest BCUT2D eigenvalue weighted by Gasteiger charge is 2.56. The molecule has 0 saturated carbocycles. The zero-order valence-corrected chi connectivity index (χ0v) is 21.9. The van der Waals surface area contributed by atoms with Crippen LogP contribution in [-0.2, 0) is 16.2 Å². The molecule has 2 unspecified atom stereocenters. The summed E-state index contributed by atoms with van der Waals surface area (Å²) < 4.78 is 6.31. The Labute approximate surface area is 222 Å². The van der Waals surface area contributed by atoms with E-state index < -0.39 is 17.1 Å². The number of aryl methyl sites for hydroxylation is 2. The van der Waals surface area contributed by atoms with E-state index in [-0.39, 0.29) is 16.7 Å². The molecule has 2 amide bonds. The summed E-state index contributed by atoms with van der Waals surface area (Å²) in [4.78, 5) is 44.7. The van der Waals surface area contributed by atoms with Crippen molar-refractivity contribution in [2.75, 3.05) is 4.90 Å². The SMILES string of the molecule is Cc1ccc(N2C(=O)C3Sc4[nH]c(=O)sc4[C@H](c4ccccc4OCc4ccccc4C)C3C2=O)cc1. The lowest BCUT2D eigenvalue weighted by Crippen LogP contribution is -2.32. The Kier molecular flexibility index (Phi) is 6.01. The second kappa shape index (κ2) is 9.36. The lowest BCUT2D eigenvalue weighted by molar-refractivity contribution is -0.122. The van der Waals surface area contributed by atoms with Crippen LogP contribution >= 0.6 is 23.1 Å². The Morgan fingerprint density at radius 1 is 0.892 bits per heavy atom. The maximum Gasteiger partial charge on any atom is 0.305 e. The van der Waals surface area contributed by atoms with Gasteiger partial charge in [-0.3, -0.25) is 14.4 Å². The molecular weight excluding hydrogens is 504 g/mol. The molecule has 6 rings (SSSR count). The first kappa shape index (κ1) is 23.8. The first-order valence-corrected chi connectivity index (χ1v) is 13.7. The van der Waals surface area contributed by atoms with E-state index in [1.807, 2.05) is 74.5 Å². The van der Waals surface area contributed by atoms with E-state index in [1.165, 1.54) is 16.7 Å². The highest BCUT2D eigenvalue weighted by Crippen LogP contribution is 2.54. The van der Waals surface area contributed by atoms with Crippen molar-refractivity contribution >= 4 is 40.6 Å². The number of carbonyl (C=O) groups excluding carboxylic acids is 2. The van der Waals surface area contributed by atoms with Crippen molar-refractivity contribution in [2.45, 2.75) is 36.6 Å². The van der Waals surface area contributed by atoms with E-state index in [1.54, 1.807) is 12.1 Å². The molecule has 0 spiro atoms. The van der Waals surface area contributed by atoms with Crippen molar-refractivity contribution in [1.82, 2.24) is 4.98 Å². The summed E-state index contributed by atoms with van der Waals surface area (Å²) in [6.45, 7) is 4.38. The topological polar surface area (TPSA) is 79.5 Å². The fourth-order valence-corrected chi connectivity index (χ4v) is 7.60. The van der Waals surface area contributed by atoms with Crippen molar-refractivity contribution in [2.24, 2.45) is 5.92 Å². The van der Waals surface area contributed by atoms with E-state index in [0.717, 1.165) is 38.5 Å². The van der Waals surface area contributed by atoms with Crippen LogP contribution in [0.2, 0.25) is 0 Å². The summed E-state index contributed by atoms with van der Waals surface area (Å²) in [5.41, 5.74) is 4.61. The highest BCUT2D eigenvalue weighted by atomic mass is 32.2. The number of imide groups is 1. The van der Waals surface area contributed by atoms with Crippen LogP contribution in [0.25, 0.3) is 0 Å². The second-order valence-electron chi connectivity index (χ2n) is 9.35. The minimum absolute atomic E-state index is 0.198. The number of rotatable bonds is 5. The van der Waals surface area contributed by atoms with Gasteiger partial charge >= 0.3 is 4.87 Å². The molecule has 1 N–H and O–H groups in total. The lowest BCUT2D eigenvalue weighted by atomic mass is 9.82. The van der Waals surface area contributed by atoms with Gasteiger partial charge in [0.1, 0.15) is 17.6 Å². The van der Waals surface area contributed by atoms with Gasteiger partial charge in [-0.2, -0.15) is 0 Å². The Morgan fingerprint density at radius 3 is 2.41 bits per heavy atom. The third-order valence-electron chi connectivity index (χ3n) is 7.01. The molecule has 3 heterocycles. The number of nitrogens with zero attached hydrogens (tertiary/aromatic N) is 1. The number of carbonyl (C=O) groups is 2. The van der Waals surface area contributed by atoms with Crippen LogP contribution in [-0.4, -0.2) is 22.0 Å². The largest absolute Gasteiger partial charge is 0.489 e. The van der Waals surface area contributed by atoms with Gasteiger partial charge in [0, 0.05) is 16.4 Å². The van der Waals surface area contributed by atoms with Crippen molar-refractivity contribution in [3.05, 3.63) is 110 Å². The minimum atomic E-state index is -0.652. The quantitative estimate of drug-likeness (QED) is 0.350. The molecule has 0 radical (unpaired) electrons. The third-order valence-corrected chi connectivity index (χ3v) is 9.42. The standard InChI is InChI=1S/C29H24N2O4S2/c1-16-11-13-19(14-12-16)31-27(32)23-22(24-26(30-29(34)37-24)36-25(23)28(31)33)20-9-5-6-10-21(20)35-15-18-8-4-3-7-17(18)2/h3-14,22-23,25H,15H2,1-2H3,(H,30,34)/t22-,23?,25?/m1/s1. The van der Waals surface area contributed by atoms with E-state index in [4.69, 9.17) is 4.74 Å². The van der Waals surface area contributed by atoms with Gasteiger partial charge in [-0.05, 0) is 43.2 Å². The Hall–Kier alpha value is -3.62. The maximum absolute atomic E-state index is 13.9. The van der Waals surface area contributed by atoms with Gasteiger partial charge < -0.3 is 9.72 Å². The normalized spacial score (nSPS) is 20.6. The first-order chi connectivity index (χ1) is 17.9.